The van der Waals surface area contributed by atoms with E-state index in [0.717, 1.165) is 4.90 Å². The van der Waals surface area contributed by atoms with Gasteiger partial charge in [-0.15, -0.1) is 0 Å². The molecule has 0 aliphatic carbocycles. The van der Waals surface area contributed by atoms with Gasteiger partial charge >= 0.3 is 5.97 Å². The normalized spacial score (nSPS) is 22.9. The van der Waals surface area contributed by atoms with Crippen molar-refractivity contribution in [3.05, 3.63) is 30.1 Å². The Morgan fingerprint density at radius 2 is 2.10 bits per heavy atom. The summed E-state index contributed by atoms with van der Waals surface area (Å²) in [6.07, 6.45) is -1.95. The number of likely N-dealkylation sites (tertiary alicyclic amines) is 1. The van der Waals surface area contributed by atoms with Gasteiger partial charge in [0, 0.05) is 13.0 Å². The monoisotopic (exact) mass is 297 g/mol. The second kappa shape index (κ2) is 6.09. The summed E-state index contributed by atoms with van der Waals surface area (Å²) >= 11 is 0. The van der Waals surface area contributed by atoms with Crippen LogP contribution in [0.2, 0.25) is 0 Å². The summed E-state index contributed by atoms with van der Waals surface area (Å²) in [5.41, 5.74) is 0. The molecule has 3 atom stereocenters. The van der Waals surface area contributed by atoms with E-state index in [1.807, 2.05) is 0 Å². The quantitative estimate of drug-likeness (QED) is 0.851. The Kier molecular flexibility index (Phi) is 4.42. The van der Waals surface area contributed by atoms with Gasteiger partial charge in [-0.3, -0.25) is 4.79 Å². The van der Waals surface area contributed by atoms with Crippen molar-refractivity contribution in [1.29, 1.82) is 0 Å². The maximum absolute atomic E-state index is 13.5. The highest BCUT2D eigenvalue weighted by Gasteiger charge is 2.40. The Balaban J connectivity index is 2.08. The smallest absolute Gasteiger partial charge is 0.326 e. The molecule has 0 radical (unpaired) electrons. The van der Waals surface area contributed by atoms with Crippen LogP contribution < -0.4 is 4.74 Å². The van der Waals surface area contributed by atoms with E-state index >= 15 is 0 Å². The Bertz CT molecular complexity index is 550. The number of ether oxygens (including phenoxy) is 1. The van der Waals surface area contributed by atoms with E-state index in [0.29, 0.717) is 0 Å². The van der Waals surface area contributed by atoms with Gasteiger partial charge in [-0.25, -0.2) is 9.18 Å². The van der Waals surface area contributed by atoms with Crippen molar-refractivity contribution >= 4 is 11.9 Å². The number of aliphatic hydroxyl groups excluding tert-OH is 1. The molecule has 1 aliphatic rings. The summed E-state index contributed by atoms with van der Waals surface area (Å²) in [7, 11) is 0. The number of carboxylic acids is 1. The minimum atomic E-state index is -1.18. The Hall–Kier alpha value is -2.15. The molecule has 1 aromatic rings. The Morgan fingerprint density at radius 1 is 1.43 bits per heavy atom. The minimum absolute atomic E-state index is 0.0203. The summed E-state index contributed by atoms with van der Waals surface area (Å²) in [5, 5.41) is 18.6. The molecule has 1 unspecified atom stereocenters. The van der Waals surface area contributed by atoms with Gasteiger partial charge in [-0.05, 0) is 19.1 Å². The van der Waals surface area contributed by atoms with Gasteiger partial charge in [0.15, 0.2) is 17.7 Å². The topological polar surface area (TPSA) is 87.1 Å². The fourth-order valence-electron chi connectivity index (χ4n) is 2.31. The average Bonchev–Trinajstić information content (AvgIpc) is 2.82. The molecule has 1 fully saturated rings. The predicted molar refractivity (Wildman–Crippen MR) is 70.3 cm³/mol. The van der Waals surface area contributed by atoms with Gasteiger partial charge in [0.2, 0.25) is 0 Å². The third-order valence-electron chi connectivity index (χ3n) is 3.34. The van der Waals surface area contributed by atoms with Crippen molar-refractivity contribution in [2.24, 2.45) is 0 Å². The number of hydrogen-bond donors (Lipinski definition) is 2. The molecule has 0 aromatic heterocycles. The number of aliphatic carboxylic acids is 1. The molecular formula is C14H16FNO5. The van der Waals surface area contributed by atoms with Gasteiger partial charge in [0.1, 0.15) is 6.04 Å². The zero-order valence-corrected chi connectivity index (χ0v) is 11.4. The molecule has 7 heteroatoms. The molecule has 2 rings (SSSR count). The lowest BCUT2D eigenvalue weighted by atomic mass is 10.2. The molecule has 6 nitrogen and oxygen atoms in total. The summed E-state index contributed by atoms with van der Waals surface area (Å²) in [4.78, 5) is 24.4. The third-order valence-corrected chi connectivity index (χ3v) is 3.34. The van der Waals surface area contributed by atoms with Gasteiger partial charge in [0.05, 0.1) is 6.10 Å². The molecular weight excluding hydrogens is 281 g/mol. The molecule has 1 aliphatic heterocycles. The number of carbonyl (C=O) groups is 2. The van der Waals surface area contributed by atoms with Crippen LogP contribution in [0, 0.1) is 5.82 Å². The van der Waals surface area contributed by atoms with E-state index in [1.54, 1.807) is 6.07 Å². The second-order valence-electron chi connectivity index (χ2n) is 4.92. The SMILES string of the molecule is CC(Oc1ccccc1F)C(=O)N1C[C@@H](O)C[C@H]1C(=O)O. The van der Waals surface area contributed by atoms with E-state index in [-0.39, 0.29) is 18.7 Å². The van der Waals surface area contributed by atoms with Crippen molar-refractivity contribution in [2.75, 3.05) is 6.54 Å². The number of halogens is 1. The van der Waals surface area contributed by atoms with Crippen LogP contribution in [0.3, 0.4) is 0 Å². The van der Waals surface area contributed by atoms with Crippen LogP contribution in [-0.2, 0) is 9.59 Å². The first-order valence-corrected chi connectivity index (χ1v) is 6.52. The van der Waals surface area contributed by atoms with Crippen molar-refractivity contribution < 1.29 is 28.9 Å². The van der Waals surface area contributed by atoms with Crippen LogP contribution in [0.15, 0.2) is 24.3 Å². The van der Waals surface area contributed by atoms with Crippen molar-refractivity contribution in [2.45, 2.75) is 31.6 Å². The number of carbonyl (C=O) groups excluding carboxylic acids is 1. The molecule has 0 bridgehead atoms. The highest BCUT2D eigenvalue weighted by molar-refractivity contribution is 5.87. The van der Waals surface area contributed by atoms with Crippen LogP contribution in [-0.4, -0.2) is 51.8 Å². The highest BCUT2D eigenvalue weighted by atomic mass is 19.1. The zero-order chi connectivity index (χ0) is 15.6. The number of amides is 1. The molecule has 0 spiro atoms. The van der Waals surface area contributed by atoms with Crippen molar-refractivity contribution in [3.63, 3.8) is 0 Å². The summed E-state index contributed by atoms with van der Waals surface area (Å²) in [5.74, 6) is -2.46. The molecule has 114 valence electrons. The minimum Gasteiger partial charge on any atom is -0.480 e. The van der Waals surface area contributed by atoms with Crippen LogP contribution in [0.4, 0.5) is 4.39 Å². The maximum Gasteiger partial charge on any atom is 0.326 e. The molecule has 1 saturated heterocycles. The van der Waals surface area contributed by atoms with Crippen LogP contribution in [0.5, 0.6) is 5.75 Å². The first-order chi connectivity index (χ1) is 9.90. The van der Waals surface area contributed by atoms with E-state index in [1.165, 1.54) is 25.1 Å². The second-order valence-corrected chi connectivity index (χ2v) is 4.92. The number of carboxylic acid groups (broad SMARTS) is 1. The van der Waals surface area contributed by atoms with Gasteiger partial charge in [-0.2, -0.15) is 0 Å². The first-order valence-electron chi connectivity index (χ1n) is 6.52. The van der Waals surface area contributed by atoms with Crippen LogP contribution in [0.25, 0.3) is 0 Å². The first kappa shape index (κ1) is 15.2. The summed E-state index contributed by atoms with van der Waals surface area (Å²) in [6, 6.07) is 4.55. The Labute approximate surface area is 120 Å². The number of aliphatic hydroxyl groups is 1. The number of nitrogens with zero attached hydrogens (tertiary/aromatic N) is 1. The molecule has 2 N–H and O–H groups in total. The van der Waals surface area contributed by atoms with Gasteiger partial charge in [0.25, 0.3) is 5.91 Å². The molecule has 1 aromatic carbocycles. The van der Waals surface area contributed by atoms with Crippen LogP contribution >= 0.6 is 0 Å². The largest absolute Gasteiger partial charge is 0.480 e. The average molecular weight is 297 g/mol. The number of para-hydroxylation sites is 1. The standard InChI is InChI=1S/C14H16FNO5/c1-8(21-12-5-3-2-4-10(12)15)13(18)16-7-9(17)6-11(16)14(19)20/h2-5,8-9,11,17H,6-7H2,1H3,(H,19,20)/t8?,9-,11-/m0/s1. The van der Waals surface area contributed by atoms with E-state index in [4.69, 9.17) is 9.84 Å². The number of β-amino-alcohol motifs (C(OH)–C–C–N with tert-alkyl or cyclic N) is 1. The lowest BCUT2D eigenvalue weighted by molar-refractivity contribution is -0.151. The van der Waals surface area contributed by atoms with Gasteiger partial charge in [-0.1, -0.05) is 12.1 Å². The third kappa shape index (κ3) is 3.30. The lowest BCUT2D eigenvalue weighted by Gasteiger charge is -2.25. The van der Waals surface area contributed by atoms with Crippen LogP contribution in [0.1, 0.15) is 13.3 Å². The predicted octanol–water partition coefficient (Wildman–Crippen LogP) is 0.639. The molecule has 1 heterocycles. The number of hydrogen-bond acceptors (Lipinski definition) is 4. The number of rotatable bonds is 4. The molecule has 1 amide bonds. The highest BCUT2D eigenvalue weighted by Crippen LogP contribution is 2.22. The number of benzene rings is 1. The molecule has 21 heavy (non-hydrogen) atoms. The van der Waals surface area contributed by atoms with Gasteiger partial charge < -0.3 is 19.8 Å². The fraction of sp³-hybridized carbons (Fsp3) is 0.429. The zero-order valence-electron chi connectivity index (χ0n) is 11.4. The lowest BCUT2D eigenvalue weighted by Crippen LogP contribution is -2.46. The van der Waals surface area contributed by atoms with Crippen molar-refractivity contribution in [3.8, 4) is 5.75 Å². The van der Waals surface area contributed by atoms with Crippen molar-refractivity contribution in [1.82, 2.24) is 4.90 Å². The Morgan fingerprint density at radius 3 is 2.71 bits per heavy atom. The van der Waals surface area contributed by atoms with E-state index in [2.05, 4.69) is 0 Å². The maximum atomic E-state index is 13.5. The van der Waals surface area contributed by atoms with E-state index < -0.39 is 35.9 Å². The van der Waals surface area contributed by atoms with E-state index in [9.17, 15) is 19.1 Å². The fourth-order valence-corrected chi connectivity index (χ4v) is 2.31. The summed E-state index contributed by atoms with van der Waals surface area (Å²) in [6.45, 7) is 1.35. The molecule has 0 saturated carbocycles. The summed E-state index contributed by atoms with van der Waals surface area (Å²) < 4.78 is 18.7.